The normalized spacial score (nSPS) is 17.1. The molecule has 0 spiro atoms. The first-order valence-corrected chi connectivity index (χ1v) is 7.80. The van der Waals surface area contributed by atoms with Gasteiger partial charge >= 0.3 is 0 Å². The number of hydrogen-bond donors (Lipinski definition) is 2. The van der Waals surface area contributed by atoms with Crippen LogP contribution in [0.15, 0.2) is 18.3 Å². The summed E-state index contributed by atoms with van der Waals surface area (Å²) in [5.41, 5.74) is 0.693. The Balaban J connectivity index is 1.94. The summed E-state index contributed by atoms with van der Waals surface area (Å²) in [5, 5.41) is 6.31. The molecule has 1 aromatic heterocycles. The zero-order chi connectivity index (χ0) is 14.2. The zero-order valence-electron chi connectivity index (χ0n) is 12.3. The van der Waals surface area contributed by atoms with Gasteiger partial charge in [-0.2, -0.15) is 0 Å². The molecule has 1 amide bonds. The number of hydrogen-bond acceptors (Lipinski definition) is 3. The van der Waals surface area contributed by atoms with Gasteiger partial charge in [0.15, 0.2) is 0 Å². The molecule has 2 N–H and O–H groups in total. The van der Waals surface area contributed by atoms with Gasteiger partial charge in [0.05, 0.1) is 0 Å². The summed E-state index contributed by atoms with van der Waals surface area (Å²) in [4.78, 5) is 16.5. The first-order valence-electron chi connectivity index (χ1n) is 7.80. The van der Waals surface area contributed by atoms with Crippen molar-refractivity contribution in [1.29, 1.82) is 0 Å². The van der Waals surface area contributed by atoms with Crippen LogP contribution < -0.4 is 10.6 Å². The Morgan fingerprint density at radius 2 is 1.95 bits per heavy atom. The second-order valence-electron chi connectivity index (χ2n) is 5.48. The maximum Gasteiger partial charge on any atom is 0.251 e. The number of anilines is 1. The van der Waals surface area contributed by atoms with Gasteiger partial charge in [0.25, 0.3) is 5.91 Å². The molecule has 1 aromatic rings. The van der Waals surface area contributed by atoms with Gasteiger partial charge in [-0.15, -0.1) is 0 Å². The molecule has 0 bridgehead atoms. The van der Waals surface area contributed by atoms with E-state index < -0.39 is 0 Å². The maximum absolute atomic E-state index is 12.3. The molecule has 0 radical (unpaired) electrons. The third-order valence-corrected chi connectivity index (χ3v) is 3.82. The van der Waals surface area contributed by atoms with Crippen molar-refractivity contribution in [3.05, 3.63) is 23.9 Å². The van der Waals surface area contributed by atoms with Gasteiger partial charge in [0.1, 0.15) is 5.82 Å². The van der Waals surface area contributed by atoms with Crippen molar-refractivity contribution in [2.75, 3.05) is 11.9 Å². The molecule has 0 saturated heterocycles. The van der Waals surface area contributed by atoms with E-state index in [-0.39, 0.29) is 5.91 Å². The first kappa shape index (κ1) is 14.8. The topological polar surface area (TPSA) is 54.0 Å². The lowest BCUT2D eigenvalue weighted by atomic mass is 9.96. The quantitative estimate of drug-likeness (QED) is 0.886. The van der Waals surface area contributed by atoms with Crippen LogP contribution in [0.1, 0.15) is 62.2 Å². The Morgan fingerprint density at radius 3 is 2.65 bits per heavy atom. The lowest BCUT2D eigenvalue weighted by molar-refractivity contribution is 0.0930. The summed E-state index contributed by atoms with van der Waals surface area (Å²) >= 11 is 0. The van der Waals surface area contributed by atoms with Gasteiger partial charge in [0, 0.05) is 24.3 Å². The van der Waals surface area contributed by atoms with Crippen LogP contribution in [0.3, 0.4) is 0 Å². The Bertz CT molecular complexity index is 425. The minimum atomic E-state index is 0.0251. The predicted octanol–water partition coefficient (Wildman–Crippen LogP) is 3.36. The van der Waals surface area contributed by atoms with Crippen LogP contribution in [0.2, 0.25) is 0 Å². The molecule has 0 aliphatic heterocycles. The van der Waals surface area contributed by atoms with Crippen molar-refractivity contribution in [2.45, 2.75) is 57.9 Å². The highest BCUT2D eigenvalue weighted by atomic mass is 16.1. The molecule has 4 heteroatoms. The number of aromatic nitrogens is 1. The summed E-state index contributed by atoms with van der Waals surface area (Å²) in [6.45, 7) is 2.82. The summed E-state index contributed by atoms with van der Waals surface area (Å²) < 4.78 is 0. The van der Waals surface area contributed by atoms with Gasteiger partial charge in [-0.3, -0.25) is 4.79 Å². The van der Waals surface area contributed by atoms with Crippen molar-refractivity contribution in [1.82, 2.24) is 10.3 Å². The van der Waals surface area contributed by atoms with Crippen LogP contribution in [0.5, 0.6) is 0 Å². The van der Waals surface area contributed by atoms with E-state index in [1.54, 1.807) is 12.3 Å². The van der Waals surface area contributed by atoms with Crippen molar-refractivity contribution < 1.29 is 4.79 Å². The van der Waals surface area contributed by atoms with E-state index in [0.717, 1.165) is 25.2 Å². The van der Waals surface area contributed by atoms with Crippen molar-refractivity contribution in [3.63, 3.8) is 0 Å². The van der Waals surface area contributed by atoms with E-state index in [9.17, 15) is 4.79 Å². The van der Waals surface area contributed by atoms with Crippen LogP contribution in [-0.2, 0) is 0 Å². The lowest BCUT2D eigenvalue weighted by Crippen LogP contribution is -2.35. The number of amides is 1. The van der Waals surface area contributed by atoms with Gasteiger partial charge in [-0.1, -0.05) is 32.1 Å². The Labute approximate surface area is 121 Å². The van der Waals surface area contributed by atoms with E-state index in [4.69, 9.17) is 0 Å². The van der Waals surface area contributed by atoms with Crippen molar-refractivity contribution >= 4 is 11.7 Å². The van der Waals surface area contributed by atoms with Gasteiger partial charge in [-0.05, 0) is 31.9 Å². The summed E-state index contributed by atoms with van der Waals surface area (Å²) in [5.74, 6) is 0.787. The summed E-state index contributed by atoms with van der Waals surface area (Å²) in [6, 6.07) is 3.93. The molecule has 20 heavy (non-hydrogen) atoms. The minimum absolute atomic E-state index is 0.0251. The molecule has 4 nitrogen and oxygen atoms in total. The van der Waals surface area contributed by atoms with E-state index in [1.807, 2.05) is 13.0 Å². The van der Waals surface area contributed by atoms with Crippen LogP contribution >= 0.6 is 0 Å². The molecule has 110 valence electrons. The minimum Gasteiger partial charge on any atom is -0.370 e. The first-order chi connectivity index (χ1) is 9.79. The Hall–Kier alpha value is -1.58. The standard InChI is InChI=1S/C16H25N3O/c1-2-17-15-12-13(10-11-18-15)16(20)19-14-8-6-4-3-5-7-9-14/h10-12,14H,2-9H2,1H3,(H,17,18)(H,19,20). The van der Waals surface area contributed by atoms with E-state index in [0.29, 0.717) is 11.6 Å². The van der Waals surface area contributed by atoms with E-state index in [2.05, 4.69) is 15.6 Å². The smallest absolute Gasteiger partial charge is 0.251 e. The fraction of sp³-hybridized carbons (Fsp3) is 0.625. The fourth-order valence-electron chi connectivity index (χ4n) is 2.72. The molecular formula is C16H25N3O. The van der Waals surface area contributed by atoms with Gasteiger partial charge in [-0.25, -0.2) is 4.98 Å². The number of pyridine rings is 1. The van der Waals surface area contributed by atoms with Crippen LogP contribution in [0.4, 0.5) is 5.82 Å². The number of rotatable bonds is 4. The second kappa shape index (κ2) is 7.88. The molecule has 0 unspecified atom stereocenters. The fourth-order valence-corrected chi connectivity index (χ4v) is 2.72. The summed E-state index contributed by atoms with van der Waals surface area (Å²) in [7, 11) is 0. The van der Waals surface area contributed by atoms with Crippen molar-refractivity contribution in [2.24, 2.45) is 0 Å². The predicted molar refractivity (Wildman–Crippen MR) is 82.0 cm³/mol. The van der Waals surface area contributed by atoms with E-state index in [1.165, 1.54) is 32.1 Å². The number of carbonyl (C=O) groups is 1. The molecule has 1 saturated carbocycles. The highest BCUT2D eigenvalue weighted by Crippen LogP contribution is 2.17. The summed E-state index contributed by atoms with van der Waals surface area (Å²) in [6.07, 6.45) is 10.3. The van der Waals surface area contributed by atoms with Crippen molar-refractivity contribution in [3.8, 4) is 0 Å². The molecule has 1 fully saturated rings. The lowest BCUT2D eigenvalue weighted by Gasteiger charge is -2.21. The highest BCUT2D eigenvalue weighted by molar-refractivity contribution is 5.94. The average molecular weight is 275 g/mol. The van der Waals surface area contributed by atoms with E-state index >= 15 is 0 Å². The molecule has 0 atom stereocenters. The maximum atomic E-state index is 12.3. The SMILES string of the molecule is CCNc1cc(C(=O)NC2CCCCCCC2)ccn1. The largest absolute Gasteiger partial charge is 0.370 e. The number of nitrogens with one attached hydrogen (secondary N) is 2. The third-order valence-electron chi connectivity index (χ3n) is 3.82. The molecule has 2 rings (SSSR count). The monoisotopic (exact) mass is 275 g/mol. The Kier molecular flexibility index (Phi) is 5.84. The van der Waals surface area contributed by atoms with Gasteiger partial charge < -0.3 is 10.6 Å². The highest BCUT2D eigenvalue weighted by Gasteiger charge is 2.15. The van der Waals surface area contributed by atoms with Gasteiger partial charge in [0.2, 0.25) is 0 Å². The number of carbonyl (C=O) groups excluding carboxylic acids is 1. The molecule has 1 aliphatic carbocycles. The number of nitrogens with zero attached hydrogens (tertiary/aromatic N) is 1. The molecule has 0 aromatic carbocycles. The molecule has 1 aliphatic rings. The average Bonchev–Trinajstić information content (AvgIpc) is 2.42. The second-order valence-corrected chi connectivity index (χ2v) is 5.48. The van der Waals surface area contributed by atoms with Crippen LogP contribution in [0.25, 0.3) is 0 Å². The zero-order valence-corrected chi connectivity index (χ0v) is 12.3. The van der Waals surface area contributed by atoms with Crippen LogP contribution in [-0.4, -0.2) is 23.5 Å². The van der Waals surface area contributed by atoms with Crippen LogP contribution in [0, 0.1) is 0 Å². The third kappa shape index (κ3) is 4.51. The Morgan fingerprint density at radius 1 is 1.25 bits per heavy atom. The molecule has 1 heterocycles. The molecular weight excluding hydrogens is 250 g/mol.